The number of alkyl halides is 1. The fourth-order valence-corrected chi connectivity index (χ4v) is 3.25. The first kappa shape index (κ1) is 24.4. The standard InChI is InChI=1S/C20H37BrO4/c1-3-24-19(22)18(20(23)25-4-2)16-14-12-10-8-6-5-7-9-11-13-15-17-21/h18H,3-17H2,1-2H3. The van der Waals surface area contributed by atoms with E-state index in [2.05, 4.69) is 15.9 Å². The lowest BCUT2D eigenvalue weighted by Crippen LogP contribution is -2.28. The van der Waals surface area contributed by atoms with Crippen LogP contribution in [-0.2, 0) is 19.1 Å². The van der Waals surface area contributed by atoms with Crippen molar-refractivity contribution in [2.24, 2.45) is 5.92 Å². The van der Waals surface area contributed by atoms with E-state index in [-0.39, 0.29) is 0 Å². The van der Waals surface area contributed by atoms with Crippen LogP contribution < -0.4 is 0 Å². The van der Waals surface area contributed by atoms with Gasteiger partial charge in [0.2, 0.25) is 0 Å². The molecular weight excluding hydrogens is 384 g/mol. The molecule has 0 aliphatic carbocycles. The van der Waals surface area contributed by atoms with Crippen LogP contribution in [-0.4, -0.2) is 30.5 Å². The Morgan fingerprint density at radius 2 is 1.04 bits per heavy atom. The summed E-state index contributed by atoms with van der Waals surface area (Å²) in [6.45, 7) is 4.10. The van der Waals surface area contributed by atoms with E-state index < -0.39 is 17.9 Å². The van der Waals surface area contributed by atoms with Crippen LogP contribution >= 0.6 is 15.9 Å². The van der Waals surface area contributed by atoms with E-state index in [1.165, 1.54) is 57.8 Å². The molecule has 25 heavy (non-hydrogen) atoms. The maximum absolute atomic E-state index is 11.9. The fraction of sp³-hybridized carbons (Fsp3) is 0.900. The Morgan fingerprint density at radius 3 is 1.40 bits per heavy atom. The van der Waals surface area contributed by atoms with Crippen LogP contribution in [0.3, 0.4) is 0 Å². The van der Waals surface area contributed by atoms with E-state index in [1.807, 2.05) is 0 Å². The average Bonchev–Trinajstić information content (AvgIpc) is 2.59. The molecule has 148 valence electrons. The smallest absolute Gasteiger partial charge is 0.320 e. The van der Waals surface area contributed by atoms with E-state index in [4.69, 9.17) is 9.47 Å². The Bertz CT molecular complexity index is 316. The number of hydrogen-bond donors (Lipinski definition) is 0. The maximum atomic E-state index is 11.9. The summed E-state index contributed by atoms with van der Waals surface area (Å²) in [5, 5.41) is 1.13. The lowest BCUT2D eigenvalue weighted by Gasteiger charge is -2.14. The van der Waals surface area contributed by atoms with E-state index in [0.29, 0.717) is 19.6 Å². The van der Waals surface area contributed by atoms with Crippen LogP contribution in [0.25, 0.3) is 0 Å². The van der Waals surface area contributed by atoms with Gasteiger partial charge in [-0.1, -0.05) is 80.1 Å². The molecule has 0 rings (SSSR count). The van der Waals surface area contributed by atoms with Crippen molar-refractivity contribution in [2.45, 2.75) is 90.9 Å². The van der Waals surface area contributed by atoms with Crippen molar-refractivity contribution < 1.29 is 19.1 Å². The number of hydrogen-bond acceptors (Lipinski definition) is 4. The third-order valence-corrected chi connectivity index (χ3v) is 4.83. The first-order valence-corrected chi connectivity index (χ1v) is 11.2. The summed E-state index contributed by atoms with van der Waals surface area (Å²) in [7, 11) is 0. The van der Waals surface area contributed by atoms with Crippen molar-refractivity contribution in [3.05, 3.63) is 0 Å². The Balaban J connectivity index is 3.67. The summed E-state index contributed by atoms with van der Waals surface area (Å²) in [5.74, 6) is -1.64. The summed E-state index contributed by atoms with van der Waals surface area (Å²) >= 11 is 3.46. The lowest BCUT2D eigenvalue weighted by atomic mass is 10.00. The summed E-state index contributed by atoms with van der Waals surface area (Å²) in [4.78, 5) is 23.7. The zero-order valence-corrected chi connectivity index (χ0v) is 17.8. The number of rotatable bonds is 17. The highest BCUT2D eigenvalue weighted by molar-refractivity contribution is 9.09. The molecule has 0 aliphatic heterocycles. The molecule has 0 aromatic heterocycles. The summed E-state index contributed by atoms with van der Waals surface area (Å²) < 4.78 is 9.97. The first-order chi connectivity index (χ1) is 12.2. The second-order valence-electron chi connectivity index (χ2n) is 6.42. The van der Waals surface area contributed by atoms with Crippen molar-refractivity contribution in [2.75, 3.05) is 18.5 Å². The van der Waals surface area contributed by atoms with Gasteiger partial charge in [-0.2, -0.15) is 0 Å². The molecule has 5 heteroatoms. The van der Waals surface area contributed by atoms with E-state index in [1.54, 1.807) is 13.8 Å². The van der Waals surface area contributed by atoms with Gasteiger partial charge in [-0.3, -0.25) is 9.59 Å². The molecule has 0 spiro atoms. The molecule has 0 atom stereocenters. The van der Waals surface area contributed by atoms with Gasteiger partial charge in [-0.25, -0.2) is 0 Å². The largest absolute Gasteiger partial charge is 0.465 e. The van der Waals surface area contributed by atoms with Crippen molar-refractivity contribution in [1.82, 2.24) is 0 Å². The van der Waals surface area contributed by atoms with Crippen LogP contribution in [0.1, 0.15) is 90.9 Å². The predicted molar refractivity (Wildman–Crippen MR) is 106 cm³/mol. The zero-order chi connectivity index (χ0) is 18.8. The molecule has 0 unspecified atom stereocenters. The molecule has 0 N–H and O–H groups in total. The van der Waals surface area contributed by atoms with Gasteiger partial charge in [-0.05, 0) is 26.7 Å². The van der Waals surface area contributed by atoms with Gasteiger partial charge < -0.3 is 9.47 Å². The molecule has 0 saturated carbocycles. The average molecular weight is 421 g/mol. The topological polar surface area (TPSA) is 52.6 Å². The summed E-state index contributed by atoms with van der Waals surface area (Å²) in [6, 6.07) is 0. The quantitative estimate of drug-likeness (QED) is 0.129. The van der Waals surface area contributed by atoms with Gasteiger partial charge in [0.15, 0.2) is 5.92 Å². The lowest BCUT2D eigenvalue weighted by molar-refractivity contribution is -0.161. The molecule has 0 bridgehead atoms. The monoisotopic (exact) mass is 420 g/mol. The fourth-order valence-electron chi connectivity index (χ4n) is 2.85. The van der Waals surface area contributed by atoms with E-state index >= 15 is 0 Å². The second kappa shape index (κ2) is 18.2. The molecule has 4 nitrogen and oxygen atoms in total. The molecule has 0 radical (unpaired) electrons. The van der Waals surface area contributed by atoms with Gasteiger partial charge in [0.05, 0.1) is 13.2 Å². The number of halogens is 1. The molecule has 0 saturated heterocycles. The summed E-state index contributed by atoms with van der Waals surface area (Å²) in [5.41, 5.74) is 0. The van der Waals surface area contributed by atoms with Crippen molar-refractivity contribution in [3.8, 4) is 0 Å². The number of unbranched alkanes of at least 4 members (excludes halogenated alkanes) is 10. The predicted octanol–water partition coefficient (Wildman–Crippen LogP) is 5.80. The van der Waals surface area contributed by atoms with Gasteiger partial charge in [-0.15, -0.1) is 0 Å². The highest BCUT2D eigenvalue weighted by atomic mass is 79.9. The Morgan fingerprint density at radius 1 is 0.680 bits per heavy atom. The molecule has 0 heterocycles. The minimum atomic E-state index is -0.751. The SMILES string of the molecule is CCOC(=O)C(CCCCCCCCCCCCCBr)C(=O)OCC. The highest BCUT2D eigenvalue weighted by Crippen LogP contribution is 2.16. The van der Waals surface area contributed by atoms with E-state index in [0.717, 1.165) is 18.2 Å². The van der Waals surface area contributed by atoms with Crippen LogP contribution in [0, 0.1) is 5.92 Å². The van der Waals surface area contributed by atoms with Crippen molar-refractivity contribution >= 4 is 27.9 Å². The van der Waals surface area contributed by atoms with Gasteiger partial charge in [0, 0.05) is 5.33 Å². The Labute approximate surface area is 162 Å². The van der Waals surface area contributed by atoms with Crippen molar-refractivity contribution in [1.29, 1.82) is 0 Å². The van der Waals surface area contributed by atoms with Crippen LogP contribution in [0.15, 0.2) is 0 Å². The number of carbonyl (C=O) groups excluding carboxylic acids is 2. The molecule has 0 aliphatic rings. The molecule has 0 aromatic rings. The van der Waals surface area contributed by atoms with E-state index in [9.17, 15) is 9.59 Å². The molecule has 0 amide bonds. The zero-order valence-electron chi connectivity index (χ0n) is 16.2. The third-order valence-electron chi connectivity index (χ3n) is 4.27. The molecular formula is C20H37BrO4. The van der Waals surface area contributed by atoms with Crippen LogP contribution in [0.2, 0.25) is 0 Å². The van der Waals surface area contributed by atoms with Gasteiger partial charge in [0.1, 0.15) is 0 Å². The van der Waals surface area contributed by atoms with Crippen LogP contribution in [0.5, 0.6) is 0 Å². The Kier molecular flexibility index (Phi) is 17.8. The number of esters is 2. The third kappa shape index (κ3) is 14.3. The minimum absolute atomic E-state index is 0.296. The second-order valence-corrected chi connectivity index (χ2v) is 7.22. The van der Waals surface area contributed by atoms with Crippen LogP contribution in [0.4, 0.5) is 0 Å². The molecule has 0 fully saturated rings. The van der Waals surface area contributed by atoms with Gasteiger partial charge >= 0.3 is 11.9 Å². The first-order valence-electron chi connectivity index (χ1n) is 10.1. The minimum Gasteiger partial charge on any atom is -0.465 e. The summed E-state index contributed by atoms with van der Waals surface area (Å²) in [6.07, 6.45) is 14.2. The number of ether oxygens (including phenoxy) is 2. The Hall–Kier alpha value is -0.580. The van der Waals surface area contributed by atoms with Gasteiger partial charge in [0.25, 0.3) is 0 Å². The molecule has 0 aromatic carbocycles. The normalized spacial score (nSPS) is 10.9. The number of carbonyl (C=O) groups is 2. The maximum Gasteiger partial charge on any atom is 0.320 e. The highest BCUT2D eigenvalue weighted by Gasteiger charge is 2.28. The van der Waals surface area contributed by atoms with Crippen molar-refractivity contribution in [3.63, 3.8) is 0 Å².